The Bertz CT molecular complexity index is 676. The van der Waals surface area contributed by atoms with Crippen LogP contribution in [0.4, 0.5) is 0 Å². The number of carbonyl (C=O) groups is 1. The molecule has 4 rings (SSSR count). The maximum absolute atomic E-state index is 12.8. The second-order valence-electron chi connectivity index (χ2n) is 6.91. The highest BCUT2D eigenvalue weighted by atomic mass is 32.1. The molecule has 5 nitrogen and oxygen atoms in total. The van der Waals surface area contributed by atoms with Gasteiger partial charge in [-0.1, -0.05) is 24.4 Å². The Morgan fingerprint density at radius 3 is 2.79 bits per heavy atom. The predicted octanol–water partition coefficient (Wildman–Crippen LogP) is 4.20. The van der Waals surface area contributed by atoms with Gasteiger partial charge in [0.15, 0.2) is 0 Å². The second-order valence-corrected chi connectivity index (χ2v) is 7.84. The van der Waals surface area contributed by atoms with E-state index in [1.54, 1.807) is 11.3 Å². The summed E-state index contributed by atoms with van der Waals surface area (Å²) in [7, 11) is 0. The van der Waals surface area contributed by atoms with Gasteiger partial charge in [0.25, 0.3) is 5.91 Å². The summed E-state index contributed by atoms with van der Waals surface area (Å²) in [6.45, 7) is 1.52. The van der Waals surface area contributed by atoms with Crippen molar-refractivity contribution in [3.8, 4) is 0 Å². The van der Waals surface area contributed by atoms with Crippen molar-refractivity contribution in [1.82, 2.24) is 15.0 Å². The van der Waals surface area contributed by atoms with Crippen molar-refractivity contribution in [2.75, 3.05) is 13.1 Å². The van der Waals surface area contributed by atoms with E-state index < -0.39 is 0 Å². The number of aromatic nitrogens is 2. The number of hydrogen-bond donors (Lipinski definition) is 0. The molecule has 6 heteroatoms. The first-order valence-corrected chi connectivity index (χ1v) is 9.84. The molecule has 1 saturated heterocycles. The van der Waals surface area contributed by atoms with Gasteiger partial charge in [0, 0.05) is 42.6 Å². The Morgan fingerprint density at radius 1 is 1.17 bits per heavy atom. The Kier molecular flexibility index (Phi) is 4.65. The van der Waals surface area contributed by atoms with Crippen molar-refractivity contribution in [1.29, 1.82) is 0 Å². The number of thiazole rings is 1. The van der Waals surface area contributed by atoms with Crippen LogP contribution in [0.2, 0.25) is 0 Å². The number of carbonyl (C=O) groups excluding carboxylic acids is 1. The maximum Gasteiger partial charge on any atom is 0.292 e. The molecule has 0 spiro atoms. The topological polar surface area (TPSA) is 59.2 Å². The molecule has 0 N–H and O–H groups in total. The van der Waals surface area contributed by atoms with Gasteiger partial charge < -0.3 is 9.42 Å². The molecule has 3 heterocycles. The van der Waals surface area contributed by atoms with Gasteiger partial charge in [0.05, 0.1) is 10.7 Å². The van der Waals surface area contributed by atoms with E-state index >= 15 is 0 Å². The first kappa shape index (κ1) is 15.8. The summed E-state index contributed by atoms with van der Waals surface area (Å²) in [6, 6.07) is 1.88. The van der Waals surface area contributed by atoms with Crippen LogP contribution in [0.15, 0.2) is 22.2 Å². The first-order valence-electron chi connectivity index (χ1n) is 8.96. The molecule has 0 aromatic carbocycles. The second kappa shape index (κ2) is 7.05. The smallest absolute Gasteiger partial charge is 0.292 e. The molecule has 1 atom stereocenters. The van der Waals surface area contributed by atoms with E-state index in [9.17, 15) is 4.79 Å². The van der Waals surface area contributed by atoms with Gasteiger partial charge in [-0.25, -0.2) is 4.98 Å². The lowest BCUT2D eigenvalue weighted by molar-refractivity contribution is 0.0665. The zero-order valence-corrected chi connectivity index (χ0v) is 14.6. The van der Waals surface area contributed by atoms with Gasteiger partial charge in [0.2, 0.25) is 5.76 Å². The highest BCUT2D eigenvalue weighted by Gasteiger charge is 2.29. The minimum atomic E-state index is -0.0224. The SMILES string of the molecule is O=C(c1cc(C2CCCCC2)no1)N1CCC[C@H](c2nccs2)C1. The van der Waals surface area contributed by atoms with Crippen molar-refractivity contribution in [2.24, 2.45) is 0 Å². The summed E-state index contributed by atoms with van der Waals surface area (Å²) in [4.78, 5) is 19.1. The summed E-state index contributed by atoms with van der Waals surface area (Å²) in [5, 5.41) is 7.33. The lowest BCUT2D eigenvalue weighted by Gasteiger charge is -2.31. The number of piperidine rings is 1. The third-order valence-corrected chi connectivity index (χ3v) is 6.21. The quantitative estimate of drug-likeness (QED) is 0.836. The van der Waals surface area contributed by atoms with Crippen molar-refractivity contribution in [3.63, 3.8) is 0 Å². The van der Waals surface area contributed by atoms with Crippen LogP contribution < -0.4 is 0 Å². The van der Waals surface area contributed by atoms with Crippen LogP contribution in [0.5, 0.6) is 0 Å². The Morgan fingerprint density at radius 2 is 2.00 bits per heavy atom. The van der Waals surface area contributed by atoms with E-state index in [4.69, 9.17) is 4.52 Å². The van der Waals surface area contributed by atoms with Crippen molar-refractivity contribution in [3.05, 3.63) is 34.1 Å². The molecular weight excluding hydrogens is 322 g/mol. The fraction of sp³-hybridized carbons (Fsp3) is 0.611. The van der Waals surface area contributed by atoms with E-state index in [0.29, 0.717) is 17.6 Å². The largest absolute Gasteiger partial charge is 0.351 e. The van der Waals surface area contributed by atoms with Crippen LogP contribution >= 0.6 is 11.3 Å². The lowest BCUT2D eigenvalue weighted by atomic mass is 9.87. The first-order chi connectivity index (χ1) is 11.8. The lowest BCUT2D eigenvalue weighted by Crippen LogP contribution is -2.38. The molecule has 1 amide bonds. The molecule has 0 bridgehead atoms. The van der Waals surface area contributed by atoms with E-state index in [-0.39, 0.29) is 5.91 Å². The minimum absolute atomic E-state index is 0.0224. The number of amides is 1. The van der Waals surface area contributed by atoms with Crippen LogP contribution in [0.1, 0.15) is 78.0 Å². The number of nitrogens with zero attached hydrogens (tertiary/aromatic N) is 3. The predicted molar refractivity (Wildman–Crippen MR) is 92.3 cm³/mol. The van der Waals surface area contributed by atoms with Crippen LogP contribution in [-0.4, -0.2) is 34.0 Å². The molecule has 0 radical (unpaired) electrons. The molecule has 128 valence electrons. The van der Waals surface area contributed by atoms with E-state index in [1.807, 2.05) is 22.5 Å². The number of likely N-dealkylation sites (tertiary alicyclic amines) is 1. The van der Waals surface area contributed by atoms with Gasteiger partial charge in [0.1, 0.15) is 0 Å². The van der Waals surface area contributed by atoms with Crippen LogP contribution in [0.25, 0.3) is 0 Å². The summed E-state index contributed by atoms with van der Waals surface area (Å²) in [6.07, 6.45) is 10.1. The van der Waals surface area contributed by atoms with Gasteiger partial charge in [-0.2, -0.15) is 0 Å². The summed E-state index contributed by atoms with van der Waals surface area (Å²) in [5.41, 5.74) is 0.964. The summed E-state index contributed by atoms with van der Waals surface area (Å²) in [5.74, 6) is 1.19. The van der Waals surface area contributed by atoms with Gasteiger partial charge in [-0.3, -0.25) is 4.79 Å². The fourth-order valence-electron chi connectivity index (χ4n) is 3.94. The van der Waals surface area contributed by atoms with Gasteiger partial charge >= 0.3 is 0 Å². The molecule has 2 aliphatic rings. The summed E-state index contributed by atoms with van der Waals surface area (Å²) < 4.78 is 5.40. The van der Waals surface area contributed by atoms with E-state index in [1.165, 1.54) is 19.3 Å². The summed E-state index contributed by atoms with van der Waals surface area (Å²) >= 11 is 1.68. The third kappa shape index (κ3) is 3.24. The van der Waals surface area contributed by atoms with Crippen molar-refractivity contribution >= 4 is 17.2 Å². The molecule has 1 saturated carbocycles. The van der Waals surface area contributed by atoms with E-state index in [0.717, 1.165) is 49.5 Å². The van der Waals surface area contributed by atoms with Crippen LogP contribution in [-0.2, 0) is 0 Å². The average Bonchev–Trinajstić information content (AvgIpc) is 3.34. The minimum Gasteiger partial charge on any atom is -0.351 e. The zero-order chi connectivity index (χ0) is 16.4. The molecule has 0 unspecified atom stereocenters. The Balaban J connectivity index is 1.44. The number of hydrogen-bond acceptors (Lipinski definition) is 5. The fourth-order valence-corrected chi connectivity index (χ4v) is 4.70. The molecule has 1 aliphatic carbocycles. The highest BCUT2D eigenvalue weighted by Crippen LogP contribution is 2.33. The Hall–Kier alpha value is -1.69. The van der Waals surface area contributed by atoms with Gasteiger partial charge in [-0.15, -0.1) is 11.3 Å². The molecule has 2 fully saturated rings. The highest BCUT2D eigenvalue weighted by molar-refractivity contribution is 7.09. The molecular formula is C18H23N3O2S. The molecule has 1 aliphatic heterocycles. The van der Waals surface area contributed by atoms with E-state index in [2.05, 4.69) is 10.1 Å². The van der Waals surface area contributed by atoms with Crippen LogP contribution in [0, 0.1) is 0 Å². The zero-order valence-electron chi connectivity index (χ0n) is 13.8. The molecule has 24 heavy (non-hydrogen) atoms. The molecule has 2 aromatic rings. The average molecular weight is 345 g/mol. The number of rotatable bonds is 3. The monoisotopic (exact) mass is 345 g/mol. The maximum atomic E-state index is 12.8. The van der Waals surface area contributed by atoms with Gasteiger partial charge in [-0.05, 0) is 25.7 Å². The Labute approximate surface area is 146 Å². The van der Waals surface area contributed by atoms with Crippen LogP contribution in [0.3, 0.4) is 0 Å². The van der Waals surface area contributed by atoms with Crippen molar-refractivity contribution < 1.29 is 9.32 Å². The standard InChI is InChI=1S/C18H23N3O2S/c22-18(16-11-15(20-23-16)13-5-2-1-3-6-13)21-9-4-7-14(12-21)17-19-8-10-24-17/h8,10-11,13-14H,1-7,9,12H2/t14-/m0/s1. The normalized spacial score (nSPS) is 22.7. The van der Waals surface area contributed by atoms with Crippen molar-refractivity contribution in [2.45, 2.75) is 56.8 Å². The third-order valence-electron chi connectivity index (χ3n) is 5.27. The molecule has 2 aromatic heterocycles.